The van der Waals surface area contributed by atoms with Gasteiger partial charge in [-0.1, -0.05) is 43.7 Å². The van der Waals surface area contributed by atoms with Crippen molar-refractivity contribution in [2.45, 2.75) is 59.2 Å². The van der Waals surface area contributed by atoms with Crippen LogP contribution in [0, 0.1) is 5.92 Å². The van der Waals surface area contributed by atoms with Gasteiger partial charge >= 0.3 is 12.1 Å². The van der Waals surface area contributed by atoms with Crippen LogP contribution in [-0.4, -0.2) is 24.2 Å². The van der Waals surface area contributed by atoms with Gasteiger partial charge in [0, 0.05) is 6.54 Å². The Kier molecular flexibility index (Phi) is 8.30. The molecule has 5 nitrogen and oxygen atoms in total. The Labute approximate surface area is 144 Å². The Balaban J connectivity index is 2.11. The molecule has 5 heteroatoms. The molecule has 1 rings (SSSR count). The molecular weight excluding hydrogens is 306 g/mol. The number of hydrogen-bond acceptors (Lipinski definition) is 4. The Bertz CT molecular complexity index is 508. The van der Waals surface area contributed by atoms with Crippen LogP contribution in [0.3, 0.4) is 0 Å². The van der Waals surface area contributed by atoms with Crippen molar-refractivity contribution >= 4 is 12.1 Å². The summed E-state index contributed by atoms with van der Waals surface area (Å²) in [5, 5.41) is 2.71. The number of carbonyl (C=O) groups is 2. The van der Waals surface area contributed by atoms with Crippen molar-refractivity contribution < 1.29 is 19.1 Å². The Morgan fingerprint density at radius 3 is 2.42 bits per heavy atom. The number of amides is 1. The molecule has 0 aliphatic rings. The van der Waals surface area contributed by atoms with E-state index < -0.39 is 11.7 Å². The van der Waals surface area contributed by atoms with Crippen LogP contribution in [0.5, 0.6) is 0 Å². The molecule has 1 atom stereocenters. The summed E-state index contributed by atoms with van der Waals surface area (Å²) >= 11 is 0. The lowest BCUT2D eigenvalue weighted by atomic mass is 10.0. The first-order chi connectivity index (χ1) is 11.3. The molecule has 1 amide bonds. The minimum absolute atomic E-state index is 0.143. The van der Waals surface area contributed by atoms with E-state index in [2.05, 4.69) is 5.32 Å². The Morgan fingerprint density at radius 1 is 1.12 bits per heavy atom. The molecule has 0 bridgehead atoms. The minimum Gasteiger partial charge on any atom is -0.461 e. The summed E-state index contributed by atoms with van der Waals surface area (Å²) in [6.07, 6.45) is 1.98. The second-order valence-electron chi connectivity index (χ2n) is 6.92. The molecule has 1 aromatic rings. The van der Waals surface area contributed by atoms with Crippen LogP contribution in [0.25, 0.3) is 0 Å². The molecule has 0 aliphatic heterocycles. The van der Waals surface area contributed by atoms with Crippen LogP contribution in [0.2, 0.25) is 0 Å². The van der Waals surface area contributed by atoms with Crippen LogP contribution in [-0.2, 0) is 20.9 Å². The standard InChI is InChI=1S/C19H29NO4/c1-15(17(21)23-14-16-11-6-5-7-12-16)10-8-9-13-20-18(22)24-19(2,3)4/h5-7,11-12,15H,8-10,13-14H2,1-4H3,(H,20,22)/t15-/m0/s1. The highest BCUT2D eigenvalue weighted by Crippen LogP contribution is 2.11. The lowest BCUT2D eigenvalue weighted by molar-refractivity contribution is -0.149. The highest BCUT2D eigenvalue weighted by atomic mass is 16.6. The summed E-state index contributed by atoms with van der Waals surface area (Å²) in [4.78, 5) is 23.4. The van der Waals surface area contributed by atoms with Crippen molar-refractivity contribution in [3.8, 4) is 0 Å². The summed E-state index contributed by atoms with van der Waals surface area (Å²) in [7, 11) is 0. The number of ether oxygens (including phenoxy) is 2. The molecule has 1 aromatic carbocycles. The number of rotatable bonds is 8. The average Bonchev–Trinajstić information content (AvgIpc) is 2.51. The van der Waals surface area contributed by atoms with Crippen molar-refractivity contribution in [2.75, 3.05) is 6.54 Å². The minimum atomic E-state index is -0.485. The third-order valence-electron chi connectivity index (χ3n) is 3.36. The second-order valence-corrected chi connectivity index (χ2v) is 6.92. The monoisotopic (exact) mass is 335 g/mol. The van der Waals surface area contributed by atoms with Crippen molar-refractivity contribution in [1.29, 1.82) is 0 Å². The molecule has 0 aromatic heterocycles. The third kappa shape index (κ3) is 9.18. The molecule has 24 heavy (non-hydrogen) atoms. The summed E-state index contributed by atoms with van der Waals surface area (Å²) in [5.74, 6) is -0.325. The fourth-order valence-corrected chi connectivity index (χ4v) is 2.07. The van der Waals surface area contributed by atoms with Crippen molar-refractivity contribution in [3.63, 3.8) is 0 Å². The zero-order valence-electron chi connectivity index (χ0n) is 15.1. The molecule has 0 aliphatic carbocycles. The van der Waals surface area contributed by atoms with Gasteiger partial charge in [-0.3, -0.25) is 4.79 Å². The van der Waals surface area contributed by atoms with Crippen molar-refractivity contribution in [3.05, 3.63) is 35.9 Å². The third-order valence-corrected chi connectivity index (χ3v) is 3.36. The number of carbonyl (C=O) groups excluding carboxylic acids is 2. The van der Waals surface area contributed by atoms with E-state index in [4.69, 9.17) is 9.47 Å². The Morgan fingerprint density at radius 2 is 1.79 bits per heavy atom. The van der Waals surface area contributed by atoms with Gasteiger partial charge in [-0.05, 0) is 39.2 Å². The summed E-state index contributed by atoms with van der Waals surface area (Å²) < 4.78 is 10.5. The maximum Gasteiger partial charge on any atom is 0.407 e. The molecule has 0 spiro atoms. The van der Waals surface area contributed by atoms with E-state index in [0.717, 1.165) is 24.8 Å². The van der Waals surface area contributed by atoms with Crippen molar-refractivity contribution in [2.24, 2.45) is 5.92 Å². The molecule has 134 valence electrons. The van der Waals surface area contributed by atoms with Gasteiger partial charge in [0.05, 0.1) is 5.92 Å². The van der Waals surface area contributed by atoms with Crippen molar-refractivity contribution in [1.82, 2.24) is 5.32 Å². The SMILES string of the molecule is C[C@@H](CCCCNC(=O)OC(C)(C)C)C(=O)OCc1ccccc1. The molecule has 0 heterocycles. The number of unbranched alkanes of at least 4 members (excludes halogenated alkanes) is 1. The summed E-state index contributed by atoms with van der Waals surface area (Å²) in [5.41, 5.74) is 0.501. The van der Waals surface area contributed by atoms with Gasteiger partial charge in [0.2, 0.25) is 0 Å². The van der Waals surface area contributed by atoms with Gasteiger partial charge in [-0.15, -0.1) is 0 Å². The van der Waals surface area contributed by atoms with Gasteiger partial charge in [-0.25, -0.2) is 4.79 Å². The average molecular weight is 335 g/mol. The van der Waals surface area contributed by atoms with E-state index in [1.165, 1.54) is 0 Å². The first-order valence-corrected chi connectivity index (χ1v) is 8.45. The highest BCUT2D eigenvalue weighted by Gasteiger charge is 2.16. The van der Waals surface area contributed by atoms with E-state index in [1.54, 1.807) is 0 Å². The molecular formula is C19H29NO4. The quantitative estimate of drug-likeness (QED) is 0.575. The topological polar surface area (TPSA) is 64.6 Å². The van der Waals surface area contributed by atoms with Gasteiger partial charge in [0.15, 0.2) is 0 Å². The molecule has 1 N–H and O–H groups in total. The fourth-order valence-electron chi connectivity index (χ4n) is 2.07. The largest absolute Gasteiger partial charge is 0.461 e. The Hall–Kier alpha value is -2.04. The lowest BCUT2D eigenvalue weighted by Gasteiger charge is -2.19. The van der Waals surface area contributed by atoms with Gasteiger partial charge in [0.1, 0.15) is 12.2 Å². The predicted molar refractivity (Wildman–Crippen MR) is 93.5 cm³/mol. The number of nitrogens with one attached hydrogen (secondary N) is 1. The van der Waals surface area contributed by atoms with Crippen LogP contribution in [0.15, 0.2) is 30.3 Å². The van der Waals surface area contributed by atoms with E-state index in [0.29, 0.717) is 13.2 Å². The predicted octanol–water partition coefficient (Wildman–Crippen LogP) is 4.06. The first-order valence-electron chi connectivity index (χ1n) is 8.45. The number of alkyl carbamates (subject to hydrolysis) is 1. The molecule has 0 fully saturated rings. The van der Waals surface area contributed by atoms with Gasteiger partial charge in [-0.2, -0.15) is 0 Å². The summed E-state index contributed by atoms with van der Waals surface area (Å²) in [6, 6.07) is 9.63. The van der Waals surface area contributed by atoms with E-state index in [9.17, 15) is 9.59 Å². The normalized spacial score (nSPS) is 12.3. The van der Waals surface area contributed by atoms with Gasteiger partial charge < -0.3 is 14.8 Å². The van der Waals surface area contributed by atoms with Crippen LogP contribution < -0.4 is 5.32 Å². The van der Waals surface area contributed by atoms with Gasteiger partial charge in [0.25, 0.3) is 0 Å². The smallest absolute Gasteiger partial charge is 0.407 e. The lowest BCUT2D eigenvalue weighted by Crippen LogP contribution is -2.33. The fraction of sp³-hybridized carbons (Fsp3) is 0.579. The molecule has 0 radical (unpaired) electrons. The van der Waals surface area contributed by atoms with E-state index >= 15 is 0 Å². The zero-order chi connectivity index (χ0) is 18.0. The zero-order valence-corrected chi connectivity index (χ0v) is 15.1. The highest BCUT2D eigenvalue weighted by molar-refractivity contribution is 5.71. The second kappa shape index (κ2) is 9.96. The van der Waals surface area contributed by atoms with Crippen LogP contribution in [0.4, 0.5) is 4.79 Å². The molecule has 0 saturated carbocycles. The maximum atomic E-state index is 11.9. The summed E-state index contributed by atoms with van der Waals surface area (Å²) in [6.45, 7) is 8.21. The molecule has 0 unspecified atom stereocenters. The van der Waals surface area contributed by atoms with E-state index in [1.807, 2.05) is 58.0 Å². The maximum absolute atomic E-state index is 11.9. The van der Waals surface area contributed by atoms with E-state index in [-0.39, 0.29) is 11.9 Å². The van der Waals surface area contributed by atoms with Crippen LogP contribution in [0.1, 0.15) is 52.5 Å². The van der Waals surface area contributed by atoms with Crippen LogP contribution >= 0.6 is 0 Å². The number of benzene rings is 1. The molecule has 0 saturated heterocycles. The number of esters is 1. The first kappa shape index (κ1) is 20.0. The number of hydrogen-bond donors (Lipinski definition) is 1.